The molecule has 4 nitrogen and oxygen atoms in total. The highest BCUT2D eigenvalue weighted by molar-refractivity contribution is 5.96. The predicted molar refractivity (Wildman–Crippen MR) is 94.3 cm³/mol. The van der Waals surface area contributed by atoms with Gasteiger partial charge in [-0.3, -0.25) is 9.69 Å². The SMILES string of the molecule is CC(O)CCN(C)CC(=O)Nc1ccccc1-c1ccccc1. The van der Waals surface area contributed by atoms with Crippen LogP contribution in [-0.4, -0.2) is 42.2 Å². The van der Waals surface area contributed by atoms with Gasteiger partial charge in [0.15, 0.2) is 0 Å². The van der Waals surface area contributed by atoms with Gasteiger partial charge in [0.2, 0.25) is 5.91 Å². The van der Waals surface area contributed by atoms with Crippen LogP contribution in [0, 0.1) is 0 Å². The summed E-state index contributed by atoms with van der Waals surface area (Å²) in [5.41, 5.74) is 2.89. The summed E-state index contributed by atoms with van der Waals surface area (Å²) in [6.45, 7) is 2.74. The molecule has 0 heterocycles. The fraction of sp³-hybridized carbons (Fsp3) is 0.316. The number of nitrogens with zero attached hydrogens (tertiary/aromatic N) is 1. The highest BCUT2D eigenvalue weighted by atomic mass is 16.3. The Morgan fingerprint density at radius 3 is 2.48 bits per heavy atom. The zero-order chi connectivity index (χ0) is 16.7. The van der Waals surface area contributed by atoms with Gasteiger partial charge >= 0.3 is 0 Å². The van der Waals surface area contributed by atoms with Crippen LogP contribution in [0.3, 0.4) is 0 Å². The molecular formula is C19H24N2O2. The number of aliphatic hydroxyl groups is 1. The molecule has 0 bridgehead atoms. The number of benzene rings is 2. The number of carbonyl (C=O) groups excluding carboxylic acids is 1. The molecule has 0 aliphatic carbocycles. The predicted octanol–water partition coefficient (Wildman–Crippen LogP) is 2.99. The number of aliphatic hydroxyl groups excluding tert-OH is 1. The van der Waals surface area contributed by atoms with E-state index in [1.54, 1.807) is 6.92 Å². The Bertz CT molecular complexity index is 626. The van der Waals surface area contributed by atoms with Crippen LogP contribution >= 0.6 is 0 Å². The molecule has 1 amide bonds. The lowest BCUT2D eigenvalue weighted by atomic mass is 10.0. The third-order valence-corrected chi connectivity index (χ3v) is 3.63. The van der Waals surface area contributed by atoms with Crippen LogP contribution in [0.1, 0.15) is 13.3 Å². The molecule has 2 N–H and O–H groups in total. The minimum absolute atomic E-state index is 0.0542. The van der Waals surface area contributed by atoms with E-state index in [4.69, 9.17) is 0 Å². The van der Waals surface area contributed by atoms with Crippen molar-refractivity contribution in [2.45, 2.75) is 19.4 Å². The van der Waals surface area contributed by atoms with Gasteiger partial charge in [-0.15, -0.1) is 0 Å². The number of para-hydroxylation sites is 1. The number of likely N-dealkylation sites (N-methyl/N-ethyl adjacent to an activating group) is 1. The highest BCUT2D eigenvalue weighted by Crippen LogP contribution is 2.27. The molecule has 2 aromatic rings. The van der Waals surface area contributed by atoms with Crippen molar-refractivity contribution in [2.24, 2.45) is 0 Å². The monoisotopic (exact) mass is 312 g/mol. The van der Waals surface area contributed by atoms with Gasteiger partial charge in [0.05, 0.1) is 12.6 Å². The third-order valence-electron chi connectivity index (χ3n) is 3.63. The maximum atomic E-state index is 12.2. The van der Waals surface area contributed by atoms with E-state index < -0.39 is 0 Å². The summed E-state index contributed by atoms with van der Waals surface area (Å²) in [5.74, 6) is -0.0542. The Morgan fingerprint density at radius 1 is 1.13 bits per heavy atom. The van der Waals surface area contributed by atoms with Gasteiger partial charge in [-0.05, 0) is 32.0 Å². The molecule has 2 rings (SSSR count). The van der Waals surface area contributed by atoms with Crippen LogP contribution in [0.25, 0.3) is 11.1 Å². The van der Waals surface area contributed by atoms with Crippen LogP contribution in [0.5, 0.6) is 0 Å². The van der Waals surface area contributed by atoms with Gasteiger partial charge in [0, 0.05) is 17.8 Å². The average Bonchev–Trinajstić information content (AvgIpc) is 2.54. The normalized spacial score (nSPS) is 12.2. The first-order valence-corrected chi connectivity index (χ1v) is 7.87. The molecule has 0 saturated heterocycles. The average molecular weight is 312 g/mol. The van der Waals surface area contributed by atoms with Gasteiger partial charge in [-0.2, -0.15) is 0 Å². The van der Waals surface area contributed by atoms with Gasteiger partial charge in [0.25, 0.3) is 0 Å². The maximum absolute atomic E-state index is 12.2. The van der Waals surface area contributed by atoms with E-state index in [9.17, 15) is 9.90 Å². The number of rotatable bonds is 7. The molecule has 122 valence electrons. The zero-order valence-electron chi connectivity index (χ0n) is 13.7. The van der Waals surface area contributed by atoms with E-state index in [0.29, 0.717) is 19.5 Å². The summed E-state index contributed by atoms with van der Waals surface area (Å²) in [6, 6.07) is 17.8. The quantitative estimate of drug-likeness (QED) is 0.826. The lowest BCUT2D eigenvalue weighted by Gasteiger charge is -2.18. The summed E-state index contributed by atoms with van der Waals surface area (Å²) in [4.78, 5) is 14.1. The van der Waals surface area contributed by atoms with Crippen molar-refractivity contribution in [1.29, 1.82) is 0 Å². The van der Waals surface area contributed by atoms with Gasteiger partial charge in [-0.25, -0.2) is 0 Å². The van der Waals surface area contributed by atoms with Crippen LogP contribution in [0.2, 0.25) is 0 Å². The van der Waals surface area contributed by atoms with Crippen molar-refractivity contribution < 1.29 is 9.90 Å². The van der Waals surface area contributed by atoms with Crippen molar-refractivity contribution in [3.05, 3.63) is 54.6 Å². The van der Waals surface area contributed by atoms with Gasteiger partial charge in [-0.1, -0.05) is 48.5 Å². The second kappa shape index (κ2) is 8.46. The summed E-state index contributed by atoms with van der Waals surface area (Å²) in [6.07, 6.45) is 0.309. The van der Waals surface area contributed by atoms with Gasteiger partial charge < -0.3 is 10.4 Å². The van der Waals surface area contributed by atoms with Crippen molar-refractivity contribution in [1.82, 2.24) is 4.90 Å². The van der Waals surface area contributed by atoms with Gasteiger partial charge in [0.1, 0.15) is 0 Å². The summed E-state index contributed by atoms with van der Waals surface area (Å²) in [5, 5.41) is 12.3. The minimum atomic E-state index is -0.348. The largest absolute Gasteiger partial charge is 0.393 e. The Hall–Kier alpha value is -2.17. The van der Waals surface area contributed by atoms with Crippen molar-refractivity contribution in [3.8, 4) is 11.1 Å². The molecule has 1 atom stereocenters. The van der Waals surface area contributed by atoms with E-state index in [1.807, 2.05) is 66.5 Å². The van der Waals surface area contributed by atoms with Crippen LogP contribution in [0.4, 0.5) is 5.69 Å². The number of amides is 1. The highest BCUT2D eigenvalue weighted by Gasteiger charge is 2.10. The molecule has 23 heavy (non-hydrogen) atoms. The zero-order valence-corrected chi connectivity index (χ0v) is 13.7. The standard InChI is InChI=1S/C19H24N2O2/c1-15(22)12-13-21(2)14-19(23)20-18-11-7-6-10-17(18)16-8-4-3-5-9-16/h3-11,15,22H,12-14H2,1-2H3,(H,20,23). The molecule has 2 aromatic carbocycles. The van der Waals surface area contributed by atoms with E-state index in [0.717, 1.165) is 16.8 Å². The van der Waals surface area contributed by atoms with E-state index in [-0.39, 0.29) is 12.0 Å². The van der Waals surface area contributed by atoms with Crippen LogP contribution in [-0.2, 0) is 4.79 Å². The van der Waals surface area contributed by atoms with E-state index in [1.165, 1.54) is 0 Å². The molecule has 0 aliphatic heterocycles. The first-order valence-electron chi connectivity index (χ1n) is 7.87. The second-order valence-electron chi connectivity index (χ2n) is 5.84. The molecule has 1 unspecified atom stereocenters. The first kappa shape index (κ1) is 17.2. The fourth-order valence-electron chi connectivity index (χ4n) is 2.38. The van der Waals surface area contributed by atoms with E-state index in [2.05, 4.69) is 5.32 Å². The maximum Gasteiger partial charge on any atom is 0.238 e. The van der Waals surface area contributed by atoms with Crippen molar-refractivity contribution in [2.75, 3.05) is 25.5 Å². The molecule has 0 saturated carbocycles. The Kier molecular flexibility index (Phi) is 6.32. The van der Waals surface area contributed by atoms with Crippen molar-refractivity contribution in [3.63, 3.8) is 0 Å². The topological polar surface area (TPSA) is 52.6 Å². The lowest BCUT2D eigenvalue weighted by molar-refractivity contribution is -0.117. The number of carbonyl (C=O) groups is 1. The number of hydrogen-bond acceptors (Lipinski definition) is 3. The molecule has 0 spiro atoms. The van der Waals surface area contributed by atoms with E-state index >= 15 is 0 Å². The smallest absolute Gasteiger partial charge is 0.238 e. The summed E-state index contributed by atoms with van der Waals surface area (Å²) < 4.78 is 0. The van der Waals surface area contributed by atoms with Crippen LogP contribution < -0.4 is 5.32 Å². The minimum Gasteiger partial charge on any atom is -0.393 e. The third kappa shape index (κ3) is 5.51. The number of nitrogens with one attached hydrogen (secondary N) is 1. The first-order chi connectivity index (χ1) is 11.1. The molecule has 0 aliphatic rings. The summed E-state index contributed by atoms with van der Waals surface area (Å²) in [7, 11) is 1.88. The molecule has 0 fully saturated rings. The summed E-state index contributed by atoms with van der Waals surface area (Å²) >= 11 is 0. The molecule has 4 heteroatoms. The number of anilines is 1. The Morgan fingerprint density at radius 2 is 1.78 bits per heavy atom. The van der Waals surface area contributed by atoms with Crippen LogP contribution in [0.15, 0.2) is 54.6 Å². The molecular weight excluding hydrogens is 288 g/mol. The second-order valence-corrected chi connectivity index (χ2v) is 5.84. The fourth-order valence-corrected chi connectivity index (χ4v) is 2.38. The Balaban J connectivity index is 2.02. The van der Waals surface area contributed by atoms with Crippen molar-refractivity contribution >= 4 is 11.6 Å². The Labute approximate surface area is 137 Å². The number of hydrogen-bond donors (Lipinski definition) is 2. The molecule has 0 radical (unpaired) electrons. The lowest BCUT2D eigenvalue weighted by Crippen LogP contribution is -2.32. The molecule has 0 aromatic heterocycles.